The summed E-state index contributed by atoms with van der Waals surface area (Å²) in [5.41, 5.74) is 3.91. The number of aromatic hydroxyl groups is 1. The van der Waals surface area contributed by atoms with Gasteiger partial charge < -0.3 is 15.2 Å². The standard InChI is InChI=1S/C15H15NO2/c17-13-5-2-6-14(7-13)18-10-12-4-1-3-11-8-16-9-15(11)12/h1-7,16-17H,8-10H2. The van der Waals surface area contributed by atoms with Crippen LogP contribution in [0.5, 0.6) is 11.5 Å². The van der Waals surface area contributed by atoms with E-state index in [1.54, 1.807) is 18.2 Å². The predicted molar refractivity (Wildman–Crippen MR) is 69.4 cm³/mol. The van der Waals surface area contributed by atoms with Crippen LogP contribution in [0.4, 0.5) is 0 Å². The highest BCUT2D eigenvalue weighted by Gasteiger charge is 2.13. The van der Waals surface area contributed by atoms with Crippen molar-refractivity contribution in [2.24, 2.45) is 0 Å². The maximum Gasteiger partial charge on any atom is 0.123 e. The predicted octanol–water partition coefficient (Wildman–Crippen LogP) is 2.57. The summed E-state index contributed by atoms with van der Waals surface area (Å²) in [6, 6.07) is 13.2. The smallest absolute Gasteiger partial charge is 0.123 e. The van der Waals surface area contributed by atoms with E-state index in [0.29, 0.717) is 12.4 Å². The number of ether oxygens (including phenoxy) is 1. The largest absolute Gasteiger partial charge is 0.508 e. The maximum atomic E-state index is 9.38. The van der Waals surface area contributed by atoms with Gasteiger partial charge in [-0.1, -0.05) is 24.3 Å². The monoisotopic (exact) mass is 241 g/mol. The number of nitrogens with one attached hydrogen (secondary N) is 1. The summed E-state index contributed by atoms with van der Waals surface area (Å²) in [4.78, 5) is 0. The molecule has 0 saturated heterocycles. The van der Waals surface area contributed by atoms with Gasteiger partial charge in [-0.15, -0.1) is 0 Å². The number of fused-ring (bicyclic) bond motifs is 1. The van der Waals surface area contributed by atoms with E-state index < -0.39 is 0 Å². The molecule has 0 aromatic heterocycles. The van der Waals surface area contributed by atoms with Gasteiger partial charge in [0.2, 0.25) is 0 Å². The average molecular weight is 241 g/mol. The van der Waals surface area contributed by atoms with Crippen molar-refractivity contribution < 1.29 is 9.84 Å². The van der Waals surface area contributed by atoms with Crippen LogP contribution in [-0.4, -0.2) is 5.11 Å². The minimum Gasteiger partial charge on any atom is -0.508 e. The second kappa shape index (κ2) is 4.70. The SMILES string of the molecule is Oc1cccc(OCc2cccc3c2CNC3)c1. The molecule has 0 fully saturated rings. The van der Waals surface area contributed by atoms with Crippen LogP contribution in [-0.2, 0) is 19.7 Å². The molecule has 2 aromatic carbocycles. The van der Waals surface area contributed by atoms with Crippen LogP contribution >= 0.6 is 0 Å². The molecule has 0 saturated carbocycles. The van der Waals surface area contributed by atoms with E-state index in [1.165, 1.54) is 16.7 Å². The highest BCUT2D eigenvalue weighted by molar-refractivity contribution is 5.38. The molecule has 18 heavy (non-hydrogen) atoms. The van der Waals surface area contributed by atoms with Gasteiger partial charge in [0.05, 0.1) is 0 Å². The van der Waals surface area contributed by atoms with Gasteiger partial charge >= 0.3 is 0 Å². The van der Waals surface area contributed by atoms with Crippen LogP contribution in [0, 0.1) is 0 Å². The number of rotatable bonds is 3. The van der Waals surface area contributed by atoms with Crippen molar-refractivity contribution in [3.8, 4) is 11.5 Å². The summed E-state index contributed by atoms with van der Waals surface area (Å²) in [6.07, 6.45) is 0. The third-order valence-electron chi connectivity index (χ3n) is 3.20. The van der Waals surface area contributed by atoms with E-state index in [4.69, 9.17) is 4.74 Å². The molecule has 1 aliphatic heterocycles. The first-order valence-electron chi connectivity index (χ1n) is 6.05. The van der Waals surface area contributed by atoms with Gasteiger partial charge in [0.15, 0.2) is 0 Å². The lowest BCUT2D eigenvalue weighted by molar-refractivity contribution is 0.303. The second-order valence-electron chi connectivity index (χ2n) is 4.44. The van der Waals surface area contributed by atoms with Crippen molar-refractivity contribution in [3.05, 3.63) is 59.2 Å². The van der Waals surface area contributed by atoms with Crippen molar-refractivity contribution in [2.75, 3.05) is 0 Å². The Labute approximate surface area is 106 Å². The van der Waals surface area contributed by atoms with E-state index >= 15 is 0 Å². The molecule has 0 amide bonds. The van der Waals surface area contributed by atoms with E-state index in [2.05, 4.69) is 23.5 Å². The lowest BCUT2D eigenvalue weighted by Crippen LogP contribution is -2.03. The molecule has 92 valence electrons. The van der Waals surface area contributed by atoms with Crippen molar-refractivity contribution >= 4 is 0 Å². The van der Waals surface area contributed by atoms with Gasteiger partial charge in [0.1, 0.15) is 18.1 Å². The van der Waals surface area contributed by atoms with Crippen LogP contribution in [0.25, 0.3) is 0 Å². The lowest BCUT2D eigenvalue weighted by Gasteiger charge is -2.10. The number of phenols is 1. The molecule has 1 heterocycles. The first-order valence-corrected chi connectivity index (χ1v) is 6.05. The van der Waals surface area contributed by atoms with Crippen molar-refractivity contribution in [3.63, 3.8) is 0 Å². The molecule has 0 spiro atoms. The fourth-order valence-electron chi connectivity index (χ4n) is 2.27. The third-order valence-corrected chi connectivity index (χ3v) is 3.20. The van der Waals surface area contributed by atoms with Gasteiger partial charge in [-0.05, 0) is 28.8 Å². The molecular weight excluding hydrogens is 226 g/mol. The van der Waals surface area contributed by atoms with Crippen molar-refractivity contribution in [2.45, 2.75) is 19.7 Å². The molecule has 0 atom stereocenters. The van der Waals surface area contributed by atoms with E-state index in [-0.39, 0.29) is 5.75 Å². The van der Waals surface area contributed by atoms with Crippen LogP contribution in [0.3, 0.4) is 0 Å². The third kappa shape index (κ3) is 2.17. The molecule has 2 aromatic rings. The average Bonchev–Trinajstić information content (AvgIpc) is 2.85. The molecule has 0 unspecified atom stereocenters. The van der Waals surface area contributed by atoms with Crippen molar-refractivity contribution in [1.29, 1.82) is 0 Å². The Kier molecular flexibility index (Phi) is 2.90. The first-order chi connectivity index (χ1) is 8.83. The molecule has 3 nitrogen and oxygen atoms in total. The second-order valence-corrected chi connectivity index (χ2v) is 4.44. The molecule has 1 aliphatic rings. The van der Waals surface area contributed by atoms with Gasteiger partial charge in [0, 0.05) is 19.2 Å². The molecule has 3 rings (SSSR count). The quantitative estimate of drug-likeness (QED) is 0.867. The first kappa shape index (κ1) is 11.1. The molecule has 0 aliphatic carbocycles. The van der Waals surface area contributed by atoms with Crippen LogP contribution in [0.1, 0.15) is 16.7 Å². The molecule has 0 radical (unpaired) electrons. The van der Waals surface area contributed by atoms with E-state index in [1.807, 2.05) is 6.07 Å². The minimum absolute atomic E-state index is 0.229. The summed E-state index contributed by atoms with van der Waals surface area (Å²) in [5, 5.41) is 12.7. The van der Waals surface area contributed by atoms with E-state index in [0.717, 1.165) is 13.1 Å². The number of hydrogen-bond donors (Lipinski definition) is 2. The Balaban J connectivity index is 1.76. The Morgan fingerprint density at radius 3 is 2.89 bits per heavy atom. The van der Waals surface area contributed by atoms with E-state index in [9.17, 15) is 5.11 Å². The Morgan fingerprint density at radius 2 is 2.00 bits per heavy atom. The van der Waals surface area contributed by atoms with Gasteiger partial charge in [-0.25, -0.2) is 0 Å². The Hall–Kier alpha value is -2.00. The number of hydrogen-bond acceptors (Lipinski definition) is 3. The zero-order chi connectivity index (χ0) is 12.4. The molecule has 0 bridgehead atoms. The topological polar surface area (TPSA) is 41.5 Å². The van der Waals surface area contributed by atoms with Crippen LogP contribution in [0.2, 0.25) is 0 Å². The molecule has 3 heteroatoms. The van der Waals surface area contributed by atoms with Gasteiger partial charge in [-0.3, -0.25) is 0 Å². The van der Waals surface area contributed by atoms with Crippen LogP contribution in [0.15, 0.2) is 42.5 Å². The van der Waals surface area contributed by atoms with Gasteiger partial charge in [-0.2, -0.15) is 0 Å². The highest BCUT2D eigenvalue weighted by atomic mass is 16.5. The minimum atomic E-state index is 0.229. The fourth-order valence-corrected chi connectivity index (χ4v) is 2.27. The number of phenolic OH excluding ortho intramolecular Hbond substituents is 1. The summed E-state index contributed by atoms with van der Waals surface area (Å²) >= 11 is 0. The fraction of sp³-hybridized carbons (Fsp3) is 0.200. The maximum absolute atomic E-state index is 9.38. The zero-order valence-corrected chi connectivity index (χ0v) is 10.0. The highest BCUT2D eigenvalue weighted by Crippen LogP contribution is 2.23. The summed E-state index contributed by atoms with van der Waals surface area (Å²) in [7, 11) is 0. The normalized spacial score (nSPS) is 13.3. The Bertz CT molecular complexity index is 566. The molecular formula is C15H15NO2. The van der Waals surface area contributed by atoms with Crippen molar-refractivity contribution in [1.82, 2.24) is 5.32 Å². The summed E-state index contributed by atoms with van der Waals surface area (Å²) in [5.74, 6) is 0.922. The zero-order valence-electron chi connectivity index (χ0n) is 10.0. The Morgan fingerprint density at radius 1 is 1.11 bits per heavy atom. The lowest BCUT2D eigenvalue weighted by atomic mass is 10.0. The summed E-state index contributed by atoms with van der Waals surface area (Å²) in [6.45, 7) is 2.39. The molecule has 2 N–H and O–H groups in total. The van der Waals surface area contributed by atoms with Gasteiger partial charge in [0.25, 0.3) is 0 Å². The number of benzene rings is 2. The summed E-state index contributed by atoms with van der Waals surface area (Å²) < 4.78 is 5.71. The van der Waals surface area contributed by atoms with Crippen LogP contribution < -0.4 is 10.1 Å².